The maximum atomic E-state index is 4.03. The molecule has 0 radical (unpaired) electrons. The third-order valence-electron chi connectivity index (χ3n) is 0.514. The van der Waals surface area contributed by atoms with Crippen LogP contribution in [0.3, 0.4) is 0 Å². The van der Waals surface area contributed by atoms with Crippen LogP contribution in [0.1, 0.15) is 6.92 Å². The van der Waals surface area contributed by atoms with Crippen molar-refractivity contribution in [2.24, 2.45) is 4.40 Å². The summed E-state index contributed by atoms with van der Waals surface area (Å²) < 4.78 is 4.03. The van der Waals surface area contributed by atoms with Crippen molar-refractivity contribution in [2.45, 2.75) is 6.92 Å². The second-order valence-corrected chi connectivity index (χ2v) is 3.17. The Labute approximate surface area is 45.1 Å². The van der Waals surface area contributed by atoms with E-state index in [1.165, 1.54) is 5.71 Å². The molecule has 1 nitrogen and oxygen atoms in total. The van der Waals surface area contributed by atoms with Crippen molar-refractivity contribution in [3.05, 3.63) is 0 Å². The van der Waals surface area contributed by atoms with Gasteiger partial charge in [-0.15, -0.1) is 0 Å². The first-order chi connectivity index (χ1) is 2.89. The Morgan fingerprint density at radius 2 is 2.67 bits per heavy atom. The highest BCUT2D eigenvalue weighted by Gasteiger charge is 1.98. The highest BCUT2D eigenvalue weighted by Crippen LogP contribution is 2.28. The molecule has 0 saturated heterocycles. The number of hydrogen-bond acceptors (Lipinski definition) is 3. The molecule has 34 valence electrons. The second kappa shape index (κ2) is 1.89. The van der Waals surface area contributed by atoms with E-state index in [-0.39, 0.29) is 0 Å². The Morgan fingerprint density at radius 1 is 1.83 bits per heavy atom. The van der Waals surface area contributed by atoms with Gasteiger partial charge in [-0.3, -0.25) is 0 Å². The van der Waals surface area contributed by atoms with Crippen LogP contribution in [0.15, 0.2) is 4.40 Å². The average molecular weight is 119 g/mol. The van der Waals surface area contributed by atoms with Crippen LogP contribution in [0, 0.1) is 0 Å². The van der Waals surface area contributed by atoms with Crippen molar-refractivity contribution < 1.29 is 0 Å². The first-order valence-electron chi connectivity index (χ1n) is 1.72. The van der Waals surface area contributed by atoms with Gasteiger partial charge in [0.05, 0.1) is 0 Å². The molecule has 0 atom stereocenters. The lowest BCUT2D eigenvalue weighted by molar-refractivity contribution is 1.72. The van der Waals surface area contributed by atoms with Crippen molar-refractivity contribution in [3.63, 3.8) is 0 Å². The summed E-state index contributed by atoms with van der Waals surface area (Å²) in [6.07, 6.45) is 0. The van der Waals surface area contributed by atoms with Crippen LogP contribution in [0.5, 0.6) is 0 Å². The average Bonchev–Trinajstić information content (AvgIpc) is 1.86. The van der Waals surface area contributed by atoms with Crippen LogP contribution in [0.25, 0.3) is 0 Å². The molecule has 1 heterocycles. The van der Waals surface area contributed by atoms with Gasteiger partial charge in [0, 0.05) is 22.4 Å². The largest absolute Gasteiger partial charge is 0.213 e. The Bertz CT molecular complexity index is 78.9. The van der Waals surface area contributed by atoms with E-state index in [0.717, 1.165) is 5.75 Å². The summed E-state index contributed by atoms with van der Waals surface area (Å²) in [5, 5.41) is 0. The van der Waals surface area contributed by atoms with Gasteiger partial charge in [-0.05, 0) is 6.92 Å². The fraction of sp³-hybridized carbons (Fsp3) is 0.667. The Kier molecular flexibility index (Phi) is 1.42. The molecule has 0 saturated carbocycles. The van der Waals surface area contributed by atoms with Crippen molar-refractivity contribution in [3.8, 4) is 0 Å². The van der Waals surface area contributed by atoms with Crippen LogP contribution >= 0.6 is 21.8 Å². The molecule has 0 aromatic rings. The molecule has 3 heteroatoms. The fourth-order valence-corrected chi connectivity index (χ4v) is 2.05. The highest BCUT2D eigenvalue weighted by atomic mass is 33.1. The van der Waals surface area contributed by atoms with Gasteiger partial charge in [0.25, 0.3) is 0 Å². The molecule has 0 bridgehead atoms. The predicted octanol–water partition coefficient (Wildman–Crippen LogP) is 1.76. The minimum absolute atomic E-state index is 1.12. The summed E-state index contributed by atoms with van der Waals surface area (Å²) in [5.41, 5.74) is 1.25. The van der Waals surface area contributed by atoms with Crippen molar-refractivity contribution in [1.29, 1.82) is 0 Å². The third kappa shape index (κ3) is 0.914. The first kappa shape index (κ1) is 4.53. The summed E-state index contributed by atoms with van der Waals surface area (Å²) in [4.78, 5) is 0. The van der Waals surface area contributed by atoms with Crippen LogP contribution in [0.2, 0.25) is 0 Å². The van der Waals surface area contributed by atoms with Crippen molar-refractivity contribution in [1.82, 2.24) is 0 Å². The van der Waals surface area contributed by atoms with Gasteiger partial charge in [-0.2, -0.15) is 0 Å². The molecule has 1 aliphatic rings. The molecule has 0 aromatic carbocycles. The molecule has 0 unspecified atom stereocenters. The Hall–Kier alpha value is 0.370. The maximum Gasteiger partial charge on any atom is 0.0444 e. The molecule has 6 heavy (non-hydrogen) atoms. The minimum Gasteiger partial charge on any atom is -0.213 e. The molecule has 0 spiro atoms. The first-order valence-corrected chi connectivity index (χ1v) is 3.99. The predicted molar refractivity (Wildman–Crippen MR) is 33.2 cm³/mol. The molecule has 0 fully saturated rings. The Balaban J connectivity index is 2.45. The van der Waals surface area contributed by atoms with Crippen molar-refractivity contribution >= 4 is 27.5 Å². The molecule has 0 N–H and O–H groups in total. The molecule has 1 aliphatic heterocycles. The van der Waals surface area contributed by atoms with Gasteiger partial charge in [0.1, 0.15) is 0 Å². The van der Waals surface area contributed by atoms with E-state index in [1.54, 1.807) is 21.8 Å². The van der Waals surface area contributed by atoms with E-state index in [1.807, 2.05) is 6.92 Å². The van der Waals surface area contributed by atoms with Crippen LogP contribution < -0.4 is 0 Å². The monoisotopic (exact) mass is 119 g/mol. The number of nitrogens with zero attached hydrogens (tertiary/aromatic N) is 1. The summed E-state index contributed by atoms with van der Waals surface area (Å²) >= 11 is 0. The van der Waals surface area contributed by atoms with Gasteiger partial charge in [-0.25, -0.2) is 4.40 Å². The second-order valence-electron chi connectivity index (χ2n) is 1.16. The molecule has 0 aliphatic carbocycles. The van der Waals surface area contributed by atoms with Gasteiger partial charge < -0.3 is 0 Å². The minimum atomic E-state index is 1.12. The van der Waals surface area contributed by atoms with E-state index < -0.39 is 0 Å². The summed E-state index contributed by atoms with van der Waals surface area (Å²) in [7, 11) is 3.38. The Morgan fingerprint density at radius 3 is 2.83 bits per heavy atom. The molecular weight excluding hydrogens is 114 g/mol. The quantitative estimate of drug-likeness (QED) is 0.356. The van der Waals surface area contributed by atoms with Crippen LogP contribution in [-0.4, -0.2) is 11.5 Å². The zero-order valence-corrected chi connectivity index (χ0v) is 5.10. The molecule has 0 amide bonds. The van der Waals surface area contributed by atoms with Crippen LogP contribution in [-0.2, 0) is 0 Å². The van der Waals surface area contributed by atoms with Gasteiger partial charge in [-0.1, -0.05) is 10.8 Å². The van der Waals surface area contributed by atoms with E-state index in [9.17, 15) is 0 Å². The fourth-order valence-electron chi connectivity index (χ4n) is 0.228. The normalized spacial score (nSPS) is 21.2. The standard InChI is InChI=1S/C3H5NS2/c1-3-2-5-6-4-3/h2H2,1H3. The van der Waals surface area contributed by atoms with Crippen LogP contribution in [0.4, 0.5) is 0 Å². The zero-order chi connectivity index (χ0) is 4.41. The SMILES string of the molecule is CC1=NSSC1. The zero-order valence-electron chi connectivity index (χ0n) is 3.47. The lowest BCUT2D eigenvalue weighted by Gasteiger charge is -1.73. The number of hydrogen-bond donors (Lipinski definition) is 0. The molecule has 0 aromatic heterocycles. The lowest BCUT2D eigenvalue weighted by atomic mass is 10.5. The van der Waals surface area contributed by atoms with Gasteiger partial charge in [0.2, 0.25) is 0 Å². The van der Waals surface area contributed by atoms with Gasteiger partial charge in [0.15, 0.2) is 0 Å². The van der Waals surface area contributed by atoms with E-state index in [4.69, 9.17) is 0 Å². The summed E-state index contributed by atoms with van der Waals surface area (Å²) in [5.74, 6) is 1.12. The third-order valence-corrected chi connectivity index (χ3v) is 2.43. The van der Waals surface area contributed by atoms with E-state index in [2.05, 4.69) is 4.40 Å². The lowest BCUT2D eigenvalue weighted by Crippen LogP contribution is -1.84. The molecule has 1 rings (SSSR count). The van der Waals surface area contributed by atoms with E-state index in [0.29, 0.717) is 0 Å². The maximum absolute atomic E-state index is 4.03. The molecular formula is C3H5NS2. The van der Waals surface area contributed by atoms with Crippen molar-refractivity contribution in [2.75, 3.05) is 5.75 Å². The number of rotatable bonds is 0. The summed E-state index contributed by atoms with van der Waals surface area (Å²) in [6.45, 7) is 2.05. The highest BCUT2D eigenvalue weighted by molar-refractivity contribution is 8.77. The topological polar surface area (TPSA) is 12.4 Å². The summed E-state index contributed by atoms with van der Waals surface area (Å²) in [6, 6.07) is 0. The smallest absolute Gasteiger partial charge is 0.0444 e. The van der Waals surface area contributed by atoms with E-state index >= 15 is 0 Å². The van der Waals surface area contributed by atoms with Gasteiger partial charge >= 0.3 is 0 Å².